The number of ether oxygens (including phenoxy) is 1. The standard InChI is InChI=1S/C11H21N3O4S/c1-11(2,9-15)8-12-18-10(16)13(3)19-14-4-6-17-7-5-14/h8,15H,4-7,9H2,1-3H3. The molecule has 1 rings (SSSR count). The molecule has 1 aliphatic rings. The number of aliphatic hydroxyl groups excluding tert-OH is 1. The maximum atomic E-state index is 11.6. The first kappa shape index (κ1) is 16.2. The van der Waals surface area contributed by atoms with E-state index in [1.165, 1.54) is 22.7 Å². The number of hydrogen-bond donors (Lipinski definition) is 1. The van der Waals surface area contributed by atoms with E-state index in [2.05, 4.69) is 5.16 Å². The lowest BCUT2D eigenvalue weighted by Crippen LogP contribution is -2.35. The number of nitrogens with zero attached hydrogens (tertiary/aromatic N) is 3. The van der Waals surface area contributed by atoms with Gasteiger partial charge in [0.2, 0.25) is 0 Å². The van der Waals surface area contributed by atoms with E-state index in [4.69, 9.17) is 14.7 Å². The predicted molar refractivity (Wildman–Crippen MR) is 73.6 cm³/mol. The molecule has 7 nitrogen and oxygen atoms in total. The number of carbonyl (C=O) groups excluding carboxylic acids is 1. The lowest BCUT2D eigenvalue weighted by atomic mass is 9.97. The number of rotatable bonds is 5. The van der Waals surface area contributed by atoms with Gasteiger partial charge in [-0.25, -0.2) is 13.4 Å². The van der Waals surface area contributed by atoms with E-state index >= 15 is 0 Å². The lowest BCUT2D eigenvalue weighted by Gasteiger charge is -2.27. The molecule has 8 heteroatoms. The van der Waals surface area contributed by atoms with E-state index in [9.17, 15) is 4.79 Å². The molecule has 19 heavy (non-hydrogen) atoms. The number of oxime groups is 1. The van der Waals surface area contributed by atoms with Crippen molar-refractivity contribution in [1.29, 1.82) is 0 Å². The van der Waals surface area contributed by atoms with Crippen molar-refractivity contribution in [2.45, 2.75) is 13.8 Å². The van der Waals surface area contributed by atoms with E-state index in [0.717, 1.165) is 13.1 Å². The molecular formula is C11H21N3O4S. The summed E-state index contributed by atoms with van der Waals surface area (Å²) < 4.78 is 8.61. The number of morpholine rings is 1. The molecule has 0 bridgehead atoms. The third-order valence-corrected chi connectivity index (χ3v) is 3.40. The van der Waals surface area contributed by atoms with Crippen molar-refractivity contribution in [3.05, 3.63) is 0 Å². The van der Waals surface area contributed by atoms with Gasteiger partial charge in [-0.05, 0) is 0 Å². The molecule has 0 spiro atoms. The predicted octanol–water partition coefficient (Wildman–Crippen LogP) is 0.954. The molecule has 0 aromatic heterocycles. The Balaban J connectivity index is 2.32. The molecule has 1 N–H and O–H groups in total. The van der Waals surface area contributed by atoms with Crippen molar-refractivity contribution >= 4 is 24.4 Å². The molecule has 0 radical (unpaired) electrons. The first-order valence-corrected chi connectivity index (χ1v) is 6.78. The maximum absolute atomic E-state index is 11.6. The fourth-order valence-corrected chi connectivity index (χ4v) is 1.91. The molecule has 0 aromatic carbocycles. The second-order valence-electron chi connectivity index (χ2n) is 4.86. The zero-order valence-electron chi connectivity index (χ0n) is 11.5. The Morgan fingerprint density at radius 1 is 1.58 bits per heavy atom. The quantitative estimate of drug-likeness (QED) is 0.352. The first-order chi connectivity index (χ1) is 8.94. The smallest absolute Gasteiger partial charge is 0.395 e. The molecule has 0 saturated carbocycles. The minimum atomic E-state index is -0.554. The van der Waals surface area contributed by atoms with E-state index in [0.29, 0.717) is 13.2 Å². The molecular weight excluding hydrogens is 270 g/mol. The Kier molecular flexibility index (Phi) is 6.56. The summed E-state index contributed by atoms with van der Waals surface area (Å²) in [4.78, 5) is 16.4. The van der Waals surface area contributed by atoms with Crippen LogP contribution < -0.4 is 0 Å². The largest absolute Gasteiger partial charge is 0.446 e. The number of carbonyl (C=O) groups is 1. The highest BCUT2D eigenvalue weighted by molar-refractivity contribution is 7.95. The van der Waals surface area contributed by atoms with Crippen molar-refractivity contribution < 1.29 is 19.5 Å². The average molecular weight is 291 g/mol. The van der Waals surface area contributed by atoms with Gasteiger partial charge in [0, 0.05) is 37.7 Å². The molecule has 1 amide bonds. The van der Waals surface area contributed by atoms with Crippen molar-refractivity contribution in [3.63, 3.8) is 0 Å². The van der Waals surface area contributed by atoms with Gasteiger partial charge in [-0.3, -0.25) is 4.84 Å². The van der Waals surface area contributed by atoms with Crippen molar-refractivity contribution in [1.82, 2.24) is 8.61 Å². The van der Waals surface area contributed by atoms with Crippen LogP contribution in [-0.2, 0) is 9.57 Å². The van der Waals surface area contributed by atoms with Crippen LogP contribution in [0.15, 0.2) is 5.16 Å². The number of aliphatic hydroxyl groups is 1. The highest BCUT2D eigenvalue weighted by Crippen LogP contribution is 2.17. The monoisotopic (exact) mass is 291 g/mol. The van der Waals surface area contributed by atoms with Gasteiger partial charge in [0.25, 0.3) is 0 Å². The summed E-state index contributed by atoms with van der Waals surface area (Å²) in [6, 6.07) is 0. The van der Waals surface area contributed by atoms with Crippen LogP contribution in [0.4, 0.5) is 4.79 Å². The Morgan fingerprint density at radius 2 is 2.21 bits per heavy atom. The minimum Gasteiger partial charge on any atom is -0.395 e. The zero-order chi connectivity index (χ0) is 14.3. The third kappa shape index (κ3) is 6.24. The van der Waals surface area contributed by atoms with Gasteiger partial charge in [-0.15, -0.1) is 0 Å². The van der Waals surface area contributed by atoms with Crippen LogP contribution in [0.25, 0.3) is 0 Å². The molecule has 0 atom stereocenters. The van der Waals surface area contributed by atoms with Gasteiger partial charge in [0.1, 0.15) is 0 Å². The van der Waals surface area contributed by atoms with Gasteiger partial charge in [-0.1, -0.05) is 19.0 Å². The summed E-state index contributed by atoms with van der Waals surface area (Å²) in [6.07, 6.45) is 0.861. The first-order valence-electron chi connectivity index (χ1n) is 6.05. The van der Waals surface area contributed by atoms with E-state index in [1.807, 2.05) is 4.31 Å². The molecule has 110 valence electrons. The fourth-order valence-electron chi connectivity index (χ4n) is 1.15. The van der Waals surface area contributed by atoms with Crippen molar-refractivity contribution in [3.8, 4) is 0 Å². The third-order valence-electron chi connectivity index (χ3n) is 2.41. The average Bonchev–Trinajstić information content (AvgIpc) is 2.39. The molecule has 1 heterocycles. The Bertz CT molecular complexity index is 319. The van der Waals surface area contributed by atoms with Crippen LogP contribution in [0, 0.1) is 5.41 Å². The van der Waals surface area contributed by atoms with Gasteiger partial charge >= 0.3 is 6.09 Å². The van der Waals surface area contributed by atoms with Crippen molar-refractivity contribution in [2.75, 3.05) is 40.0 Å². The number of amides is 1. The Morgan fingerprint density at radius 3 is 2.79 bits per heavy atom. The van der Waals surface area contributed by atoms with Crippen LogP contribution in [0.1, 0.15) is 13.8 Å². The summed E-state index contributed by atoms with van der Waals surface area (Å²) in [5.74, 6) is 0. The zero-order valence-corrected chi connectivity index (χ0v) is 12.4. The summed E-state index contributed by atoms with van der Waals surface area (Å²) in [5.41, 5.74) is -0.504. The van der Waals surface area contributed by atoms with Crippen LogP contribution in [0.2, 0.25) is 0 Å². The summed E-state index contributed by atoms with van der Waals surface area (Å²) in [5, 5.41) is 12.6. The lowest BCUT2D eigenvalue weighted by molar-refractivity contribution is 0.0753. The SMILES string of the molecule is CN(SN1CCOCC1)C(=O)ON=CC(C)(C)CO. The Hall–Kier alpha value is -0.830. The van der Waals surface area contributed by atoms with Gasteiger partial charge in [0.15, 0.2) is 0 Å². The second kappa shape index (κ2) is 7.68. The fraction of sp³-hybridized carbons (Fsp3) is 0.818. The Labute approximate surface area is 117 Å². The molecule has 0 aliphatic carbocycles. The highest BCUT2D eigenvalue weighted by atomic mass is 32.2. The maximum Gasteiger partial charge on any atom is 0.446 e. The van der Waals surface area contributed by atoms with E-state index in [1.54, 1.807) is 20.9 Å². The summed E-state index contributed by atoms with van der Waals surface area (Å²) in [6.45, 7) is 6.38. The number of hydrogen-bond acceptors (Lipinski definition) is 7. The summed E-state index contributed by atoms with van der Waals surface area (Å²) >= 11 is 1.28. The second-order valence-corrected chi connectivity index (χ2v) is 6.09. The van der Waals surface area contributed by atoms with E-state index < -0.39 is 11.5 Å². The van der Waals surface area contributed by atoms with Crippen LogP contribution >= 0.6 is 12.1 Å². The van der Waals surface area contributed by atoms with Crippen LogP contribution in [0.3, 0.4) is 0 Å². The van der Waals surface area contributed by atoms with Gasteiger partial charge < -0.3 is 9.84 Å². The molecule has 0 aromatic rings. The normalized spacial score (nSPS) is 17.7. The van der Waals surface area contributed by atoms with Crippen molar-refractivity contribution in [2.24, 2.45) is 10.6 Å². The molecule has 0 unspecified atom stereocenters. The minimum absolute atomic E-state index is 0.0631. The highest BCUT2D eigenvalue weighted by Gasteiger charge is 2.19. The molecule has 1 saturated heterocycles. The molecule has 1 aliphatic heterocycles. The summed E-state index contributed by atoms with van der Waals surface area (Å²) in [7, 11) is 1.62. The van der Waals surface area contributed by atoms with E-state index in [-0.39, 0.29) is 6.61 Å². The van der Waals surface area contributed by atoms with Gasteiger partial charge in [0.05, 0.1) is 26.0 Å². The van der Waals surface area contributed by atoms with Gasteiger partial charge in [-0.2, -0.15) is 0 Å². The van der Waals surface area contributed by atoms with Crippen LogP contribution in [0.5, 0.6) is 0 Å². The molecule has 1 fully saturated rings. The van der Waals surface area contributed by atoms with Crippen LogP contribution in [-0.4, -0.2) is 66.0 Å². The topological polar surface area (TPSA) is 74.6 Å².